The van der Waals surface area contributed by atoms with E-state index in [1.807, 2.05) is 12.1 Å². The van der Waals surface area contributed by atoms with Crippen LogP contribution in [-0.2, 0) is 0 Å². The molecular weight excluding hydrogens is 238 g/mol. The standard InChI is InChI=1S/C13H11NO2.ClH/c15-13(16)10-4-6-12-9(7-10)3-5-11(14-12)8-1-2-8;/h3-8H,1-2H2,(H,15,16);1H. The highest BCUT2D eigenvalue weighted by Crippen LogP contribution is 2.39. The lowest BCUT2D eigenvalue weighted by molar-refractivity contribution is 0.0697. The normalized spacial score (nSPS) is 14.4. The lowest BCUT2D eigenvalue weighted by Gasteiger charge is -2.02. The van der Waals surface area contributed by atoms with E-state index in [1.165, 1.54) is 12.8 Å². The van der Waals surface area contributed by atoms with Crippen molar-refractivity contribution >= 4 is 29.3 Å². The molecule has 0 unspecified atom stereocenters. The number of pyridine rings is 1. The maximum atomic E-state index is 10.8. The molecule has 1 heterocycles. The minimum Gasteiger partial charge on any atom is -0.478 e. The highest BCUT2D eigenvalue weighted by atomic mass is 35.5. The summed E-state index contributed by atoms with van der Waals surface area (Å²) in [4.78, 5) is 15.4. The van der Waals surface area contributed by atoms with Crippen molar-refractivity contribution in [2.24, 2.45) is 0 Å². The molecule has 1 aromatic carbocycles. The number of aromatic carboxylic acids is 1. The van der Waals surface area contributed by atoms with Gasteiger partial charge in [0.05, 0.1) is 11.1 Å². The van der Waals surface area contributed by atoms with Crippen LogP contribution in [0.2, 0.25) is 0 Å². The summed E-state index contributed by atoms with van der Waals surface area (Å²) in [6, 6.07) is 9.02. The molecule has 88 valence electrons. The molecular formula is C13H12ClNO2. The van der Waals surface area contributed by atoms with E-state index in [4.69, 9.17) is 5.11 Å². The number of benzene rings is 1. The van der Waals surface area contributed by atoms with Crippen molar-refractivity contribution in [2.45, 2.75) is 18.8 Å². The van der Waals surface area contributed by atoms with E-state index in [-0.39, 0.29) is 12.4 Å². The van der Waals surface area contributed by atoms with E-state index in [1.54, 1.807) is 18.2 Å². The zero-order valence-corrected chi connectivity index (χ0v) is 9.91. The van der Waals surface area contributed by atoms with Crippen molar-refractivity contribution in [1.82, 2.24) is 4.98 Å². The minimum absolute atomic E-state index is 0. The topological polar surface area (TPSA) is 50.2 Å². The third-order valence-electron chi connectivity index (χ3n) is 2.95. The van der Waals surface area contributed by atoms with Crippen LogP contribution in [0.25, 0.3) is 10.9 Å². The molecule has 1 aromatic heterocycles. The first-order valence-corrected chi connectivity index (χ1v) is 5.38. The first-order valence-electron chi connectivity index (χ1n) is 5.38. The van der Waals surface area contributed by atoms with Crippen LogP contribution in [0.3, 0.4) is 0 Å². The molecule has 3 rings (SSSR count). The Labute approximate surface area is 105 Å². The summed E-state index contributed by atoms with van der Waals surface area (Å²) in [6.07, 6.45) is 2.46. The molecule has 1 fully saturated rings. The van der Waals surface area contributed by atoms with Crippen LogP contribution in [0.1, 0.15) is 34.8 Å². The Morgan fingerprint density at radius 3 is 2.65 bits per heavy atom. The molecule has 17 heavy (non-hydrogen) atoms. The summed E-state index contributed by atoms with van der Waals surface area (Å²) in [7, 11) is 0. The highest BCUT2D eigenvalue weighted by molar-refractivity contribution is 5.93. The molecule has 3 nitrogen and oxygen atoms in total. The molecule has 1 aliphatic carbocycles. The molecule has 1 saturated carbocycles. The average Bonchev–Trinajstić information content (AvgIpc) is 3.11. The third-order valence-corrected chi connectivity index (χ3v) is 2.95. The summed E-state index contributed by atoms with van der Waals surface area (Å²) >= 11 is 0. The van der Waals surface area contributed by atoms with Crippen LogP contribution >= 0.6 is 12.4 Å². The first kappa shape index (κ1) is 11.9. The van der Waals surface area contributed by atoms with E-state index in [0.717, 1.165) is 16.6 Å². The average molecular weight is 250 g/mol. The lowest BCUT2D eigenvalue weighted by Crippen LogP contribution is -1.96. The number of fused-ring (bicyclic) bond motifs is 1. The minimum atomic E-state index is -0.895. The van der Waals surface area contributed by atoms with Crippen molar-refractivity contribution < 1.29 is 9.90 Å². The number of carboxylic acids is 1. The molecule has 0 amide bonds. The van der Waals surface area contributed by atoms with Gasteiger partial charge < -0.3 is 5.11 Å². The van der Waals surface area contributed by atoms with E-state index >= 15 is 0 Å². The largest absolute Gasteiger partial charge is 0.478 e. The smallest absolute Gasteiger partial charge is 0.335 e. The number of halogens is 1. The molecule has 4 heteroatoms. The second-order valence-corrected chi connectivity index (χ2v) is 4.22. The Balaban J connectivity index is 0.00000108. The molecule has 1 aliphatic rings. The lowest BCUT2D eigenvalue weighted by atomic mass is 10.1. The Morgan fingerprint density at radius 1 is 1.24 bits per heavy atom. The van der Waals surface area contributed by atoms with Crippen LogP contribution in [0.15, 0.2) is 30.3 Å². The summed E-state index contributed by atoms with van der Waals surface area (Å²) < 4.78 is 0. The fourth-order valence-corrected chi connectivity index (χ4v) is 1.88. The maximum Gasteiger partial charge on any atom is 0.335 e. The molecule has 1 N–H and O–H groups in total. The highest BCUT2D eigenvalue weighted by Gasteiger charge is 2.24. The van der Waals surface area contributed by atoms with E-state index in [2.05, 4.69) is 4.98 Å². The predicted octanol–water partition coefficient (Wildman–Crippen LogP) is 3.23. The summed E-state index contributed by atoms with van der Waals surface area (Å²) in [6.45, 7) is 0. The van der Waals surface area contributed by atoms with Crippen LogP contribution < -0.4 is 0 Å². The molecule has 0 bridgehead atoms. The summed E-state index contributed by atoms with van der Waals surface area (Å²) in [5.41, 5.74) is 2.33. The van der Waals surface area contributed by atoms with Gasteiger partial charge in [-0.2, -0.15) is 0 Å². The second kappa shape index (κ2) is 4.34. The van der Waals surface area contributed by atoms with Gasteiger partial charge in [0, 0.05) is 17.0 Å². The zero-order chi connectivity index (χ0) is 11.1. The molecule has 2 aromatic rings. The maximum absolute atomic E-state index is 10.8. The van der Waals surface area contributed by atoms with E-state index in [9.17, 15) is 4.79 Å². The van der Waals surface area contributed by atoms with Crippen LogP contribution in [0.4, 0.5) is 0 Å². The number of nitrogens with zero attached hydrogens (tertiary/aromatic N) is 1. The molecule has 0 radical (unpaired) electrons. The van der Waals surface area contributed by atoms with Crippen LogP contribution in [-0.4, -0.2) is 16.1 Å². The quantitative estimate of drug-likeness (QED) is 0.889. The first-order chi connectivity index (χ1) is 7.74. The van der Waals surface area contributed by atoms with Crippen LogP contribution in [0, 0.1) is 0 Å². The Morgan fingerprint density at radius 2 is 2.00 bits per heavy atom. The zero-order valence-electron chi connectivity index (χ0n) is 9.09. The Kier molecular flexibility index (Phi) is 3.03. The van der Waals surface area contributed by atoms with Gasteiger partial charge in [0.1, 0.15) is 0 Å². The van der Waals surface area contributed by atoms with Gasteiger partial charge >= 0.3 is 5.97 Å². The van der Waals surface area contributed by atoms with E-state index < -0.39 is 5.97 Å². The number of hydrogen-bond acceptors (Lipinski definition) is 2. The summed E-state index contributed by atoms with van der Waals surface area (Å²) in [5.74, 6) is -0.267. The molecule has 0 spiro atoms. The Bertz CT molecular complexity index is 579. The van der Waals surface area contributed by atoms with Gasteiger partial charge in [-0.15, -0.1) is 12.4 Å². The van der Waals surface area contributed by atoms with Crippen molar-refractivity contribution in [2.75, 3.05) is 0 Å². The number of carbonyl (C=O) groups is 1. The van der Waals surface area contributed by atoms with Gasteiger partial charge in [0.15, 0.2) is 0 Å². The van der Waals surface area contributed by atoms with Crippen molar-refractivity contribution in [3.8, 4) is 0 Å². The fraction of sp³-hybridized carbons (Fsp3) is 0.231. The predicted molar refractivity (Wildman–Crippen MR) is 67.9 cm³/mol. The van der Waals surface area contributed by atoms with Gasteiger partial charge in [0.25, 0.3) is 0 Å². The number of hydrogen-bond donors (Lipinski definition) is 1. The van der Waals surface area contributed by atoms with Crippen molar-refractivity contribution in [1.29, 1.82) is 0 Å². The van der Waals surface area contributed by atoms with Gasteiger partial charge in [0.2, 0.25) is 0 Å². The van der Waals surface area contributed by atoms with Gasteiger partial charge in [-0.1, -0.05) is 6.07 Å². The Hall–Kier alpha value is -1.61. The van der Waals surface area contributed by atoms with Crippen molar-refractivity contribution in [3.05, 3.63) is 41.6 Å². The number of rotatable bonds is 2. The fourth-order valence-electron chi connectivity index (χ4n) is 1.88. The second-order valence-electron chi connectivity index (χ2n) is 4.22. The van der Waals surface area contributed by atoms with Crippen molar-refractivity contribution in [3.63, 3.8) is 0 Å². The SMILES string of the molecule is Cl.O=C(O)c1ccc2nc(C3CC3)ccc2c1. The van der Waals surface area contributed by atoms with E-state index in [0.29, 0.717) is 11.5 Å². The number of aromatic nitrogens is 1. The monoisotopic (exact) mass is 249 g/mol. The molecule has 0 aliphatic heterocycles. The number of carboxylic acid groups (broad SMARTS) is 1. The summed E-state index contributed by atoms with van der Waals surface area (Å²) in [5, 5.41) is 9.77. The van der Waals surface area contributed by atoms with Crippen LogP contribution in [0.5, 0.6) is 0 Å². The molecule has 0 atom stereocenters. The van der Waals surface area contributed by atoms with Gasteiger partial charge in [-0.05, 0) is 37.1 Å². The van der Waals surface area contributed by atoms with Gasteiger partial charge in [-0.25, -0.2) is 4.79 Å². The van der Waals surface area contributed by atoms with Gasteiger partial charge in [-0.3, -0.25) is 4.98 Å². The third kappa shape index (κ3) is 2.24. The molecule has 0 saturated heterocycles.